The van der Waals surface area contributed by atoms with Crippen LogP contribution in [0.1, 0.15) is 55.7 Å². The van der Waals surface area contributed by atoms with Gasteiger partial charge in [0.1, 0.15) is 5.76 Å². The van der Waals surface area contributed by atoms with Gasteiger partial charge in [0.05, 0.1) is 12.2 Å². The van der Waals surface area contributed by atoms with E-state index in [9.17, 15) is 4.79 Å². The minimum absolute atomic E-state index is 0.0263. The zero-order valence-corrected chi connectivity index (χ0v) is 14.7. The highest BCUT2D eigenvalue weighted by atomic mass is 16.4. The summed E-state index contributed by atoms with van der Waals surface area (Å²) in [5.41, 5.74) is 3.48. The van der Waals surface area contributed by atoms with E-state index in [4.69, 9.17) is 4.42 Å². The molecule has 0 saturated heterocycles. The Morgan fingerprint density at radius 3 is 2.35 bits per heavy atom. The van der Waals surface area contributed by atoms with Gasteiger partial charge in [-0.25, -0.2) is 4.98 Å². The molecule has 23 heavy (non-hydrogen) atoms. The number of amides is 1. The van der Waals surface area contributed by atoms with E-state index < -0.39 is 0 Å². The quantitative estimate of drug-likeness (QED) is 0.912. The SMILES string of the molecule is Cc1nc(C)c(CNC(=O)CCc2ccc(C(C)(C)C)cc2)o1. The number of aromatic nitrogens is 1. The second-order valence-corrected chi connectivity index (χ2v) is 6.97. The zero-order chi connectivity index (χ0) is 17.0. The molecule has 0 radical (unpaired) electrons. The lowest BCUT2D eigenvalue weighted by Gasteiger charge is -2.19. The summed E-state index contributed by atoms with van der Waals surface area (Å²) < 4.78 is 5.45. The smallest absolute Gasteiger partial charge is 0.220 e. The maximum absolute atomic E-state index is 12.0. The molecule has 0 atom stereocenters. The molecular weight excluding hydrogens is 288 g/mol. The van der Waals surface area contributed by atoms with Crippen LogP contribution in [0, 0.1) is 13.8 Å². The normalized spacial score (nSPS) is 11.5. The molecule has 0 saturated carbocycles. The minimum Gasteiger partial charge on any atom is -0.444 e. The van der Waals surface area contributed by atoms with Crippen molar-refractivity contribution in [3.8, 4) is 0 Å². The first-order chi connectivity index (χ1) is 10.8. The Bertz CT molecular complexity index is 664. The Morgan fingerprint density at radius 2 is 1.83 bits per heavy atom. The molecule has 1 amide bonds. The van der Waals surface area contributed by atoms with Crippen molar-refractivity contribution in [1.82, 2.24) is 10.3 Å². The Balaban J connectivity index is 1.81. The lowest BCUT2D eigenvalue weighted by Crippen LogP contribution is -2.23. The molecule has 1 aromatic heterocycles. The van der Waals surface area contributed by atoms with Gasteiger partial charge in [-0.05, 0) is 29.9 Å². The molecule has 1 N–H and O–H groups in total. The Hall–Kier alpha value is -2.10. The molecule has 1 aromatic carbocycles. The minimum atomic E-state index is 0.0263. The van der Waals surface area contributed by atoms with E-state index in [1.54, 1.807) is 6.92 Å². The number of aryl methyl sites for hydroxylation is 3. The van der Waals surface area contributed by atoms with E-state index in [1.807, 2.05) is 6.92 Å². The van der Waals surface area contributed by atoms with Crippen molar-refractivity contribution >= 4 is 5.91 Å². The molecule has 2 rings (SSSR count). The van der Waals surface area contributed by atoms with Gasteiger partial charge >= 0.3 is 0 Å². The van der Waals surface area contributed by atoms with Gasteiger partial charge in [0.2, 0.25) is 5.91 Å². The summed E-state index contributed by atoms with van der Waals surface area (Å²) in [6, 6.07) is 8.51. The molecule has 0 unspecified atom stereocenters. The van der Waals surface area contributed by atoms with Gasteiger partial charge in [0, 0.05) is 13.3 Å². The predicted octanol–water partition coefficient (Wildman–Crippen LogP) is 3.84. The average Bonchev–Trinajstić information content (AvgIpc) is 2.80. The van der Waals surface area contributed by atoms with Crippen molar-refractivity contribution in [2.24, 2.45) is 0 Å². The number of carbonyl (C=O) groups excluding carboxylic acids is 1. The van der Waals surface area contributed by atoms with Gasteiger partial charge < -0.3 is 9.73 Å². The molecule has 4 heteroatoms. The summed E-state index contributed by atoms with van der Waals surface area (Å²) in [5, 5.41) is 2.89. The van der Waals surface area contributed by atoms with Gasteiger partial charge in [-0.15, -0.1) is 0 Å². The maximum Gasteiger partial charge on any atom is 0.220 e. The third-order valence-corrected chi connectivity index (χ3v) is 3.91. The first kappa shape index (κ1) is 17.3. The van der Waals surface area contributed by atoms with Crippen LogP contribution < -0.4 is 5.32 Å². The number of nitrogens with zero attached hydrogens (tertiary/aromatic N) is 1. The van der Waals surface area contributed by atoms with Crippen LogP contribution in [0.25, 0.3) is 0 Å². The standard InChI is InChI=1S/C19H26N2O2/c1-13-17(23-14(2)21-13)12-20-18(22)11-8-15-6-9-16(10-7-15)19(3,4)5/h6-7,9-10H,8,11-12H2,1-5H3,(H,20,22). The lowest BCUT2D eigenvalue weighted by molar-refractivity contribution is -0.121. The highest BCUT2D eigenvalue weighted by Crippen LogP contribution is 2.22. The van der Waals surface area contributed by atoms with E-state index in [1.165, 1.54) is 11.1 Å². The summed E-state index contributed by atoms with van der Waals surface area (Å²) in [7, 11) is 0. The molecular formula is C19H26N2O2. The fraction of sp³-hybridized carbons (Fsp3) is 0.474. The molecule has 0 aliphatic carbocycles. The maximum atomic E-state index is 12.0. The third kappa shape index (κ3) is 4.95. The lowest BCUT2D eigenvalue weighted by atomic mass is 9.86. The highest BCUT2D eigenvalue weighted by molar-refractivity contribution is 5.76. The monoisotopic (exact) mass is 314 g/mol. The topological polar surface area (TPSA) is 55.1 Å². The summed E-state index contributed by atoms with van der Waals surface area (Å²) in [6.07, 6.45) is 1.21. The third-order valence-electron chi connectivity index (χ3n) is 3.91. The molecule has 0 spiro atoms. The first-order valence-electron chi connectivity index (χ1n) is 8.05. The summed E-state index contributed by atoms with van der Waals surface area (Å²) in [6.45, 7) is 10.7. The molecule has 0 fully saturated rings. The van der Waals surface area contributed by atoms with Crippen LogP contribution in [0.5, 0.6) is 0 Å². The highest BCUT2D eigenvalue weighted by Gasteiger charge is 2.13. The van der Waals surface area contributed by atoms with Gasteiger partial charge in [0.15, 0.2) is 5.89 Å². The molecule has 0 bridgehead atoms. The van der Waals surface area contributed by atoms with Crippen molar-refractivity contribution in [3.05, 3.63) is 52.7 Å². The van der Waals surface area contributed by atoms with Crippen molar-refractivity contribution in [1.29, 1.82) is 0 Å². The first-order valence-corrected chi connectivity index (χ1v) is 8.05. The predicted molar refractivity (Wildman–Crippen MR) is 91.3 cm³/mol. The summed E-state index contributed by atoms with van der Waals surface area (Å²) >= 11 is 0. The number of carbonyl (C=O) groups is 1. The second kappa shape index (κ2) is 6.99. The zero-order valence-electron chi connectivity index (χ0n) is 14.7. The van der Waals surface area contributed by atoms with Crippen molar-refractivity contribution in [2.45, 2.75) is 59.4 Å². The Morgan fingerprint density at radius 1 is 1.17 bits per heavy atom. The molecule has 124 valence electrons. The van der Waals surface area contributed by atoms with Crippen LogP contribution in [0.3, 0.4) is 0 Å². The second-order valence-electron chi connectivity index (χ2n) is 6.97. The summed E-state index contributed by atoms with van der Waals surface area (Å²) in [4.78, 5) is 16.2. The molecule has 0 aliphatic rings. The Kier molecular flexibility index (Phi) is 5.24. The van der Waals surface area contributed by atoms with E-state index in [-0.39, 0.29) is 11.3 Å². The Labute approximate surface area is 138 Å². The molecule has 1 heterocycles. The van der Waals surface area contributed by atoms with Crippen LogP contribution in [0.2, 0.25) is 0 Å². The summed E-state index contributed by atoms with van der Waals surface area (Å²) in [5.74, 6) is 1.38. The molecule has 4 nitrogen and oxygen atoms in total. The van der Waals surface area contributed by atoms with Gasteiger partial charge in [0.25, 0.3) is 0 Å². The number of oxazole rings is 1. The fourth-order valence-corrected chi connectivity index (χ4v) is 2.43. The largest absolute Gasteiger partial charge is 0.444 e. The van der Waals surface area contributed by atoms with E-state index in [0.717, 1.165) is 17.9 Å². The number of rotatable bonds is 5. The molecule has 0 aliphatic heterocycles. The van der Waals surface area contributed by atoms with E-state index in [2.05, 4.69) is 55.3 Å². The molecule has 2 aromatic rings. The van der Waals surface area contributed by atoms with Gasteiger partial charge in [-0.3, -0.25) is 4.79 Å². The van der Waals surface area contributed by atoms with Crippen molar-refractivity contribution < 1.29 is 9.21 Å². The van der Waals surface area contributed by atoms with Crippen LogP contribution in [-0.4, -0.2) is 10.9 Å². The van der Waals surface area contributed by atoms with Crippen molar-refractivity contribution in [2.75, 3.05) is 0 Å². The number of hydrogen-bond acceptors (Lipinski definition) is 3. The average molecular weight is 314 g/mol. The van der Waals surface area contributed by atoms with Crippen LogP contribution in [0.4, 0.5) is 0 Å². The van der Waals surface area contributed by atoms with E-state index >= 15 is 0 Å². The number of nitrogens with one attached hydrogen (secondary N) is 1. The van der Waals surface area contributed by atoms with Crippen molar-refractivity contribution in [3.63, 3.8) is 0 Å². The van der Waals surface area contributed by atoms with Crippen LogP contribution in [-0.2, 0) is 23.2 Å². The fourth-order valence-electron chi connectivity index (χ4n) is 2.43. The van der Waals surface area contributed by atoms with Gasteiger partial charge in [-0.2, -0.15) is 0 Å². The van der Waals surface area contributed by atoms with Crippen LogP contribution >= 0.6 is 0 Å². The number of hydrogen-bond donors (Lipinski definition) is 1. The van der Waals surface area contributed by atoms with Crippen LogP contribution in [0.15, 0.2) is 28.7 Å². The van der Waals surface area contributed by atoms with E-state index in [0.29, 0.717) is 18.9 Å². The number of benzene rings is 1. The van der Waals surface area contributed by atoms with Gasteiger partial charge in [-0.1, -0.05) is 45.0 Å².